The summed E-state index contributed by atoms with van der Waals surface area (Å²) < 4.78 is 13.2. The van der Waals surface area contributed by atoms with Crippen LogP contribution in [0.25, 0.3) is 22.3 Å². The maximum atomic E-state index is 13.3. The standard InChI is InChI=1S/C26H25N3O6/c1-28-18(7-8-27-28)17(13-23(33)29-9-11-34-12-10-29)24-19(30)14-20(31)25-21(32)15-22(35-26(24)25)16-5-3-2-4-6-16/h2-8,14-15,17,30-31H,9-13H2,1H3/t17-/m0/s1. The second-order valence-electron chi connectivity index (χ2n) is 8.50. The molecule has 1 fully saturated rings. The molecule has 1 atom stereocenters. The molecule has 0 bridgehead atoms. The van der Waals surface area contributed by atoms with E-state index in [4.69, 9.17) is 9.15 Å². The van der Waals surface area contributed by atoms with E-state index >= 15 is 0 Å². The number of phenolic OH excluding ortho intramolecular Hbond substituents is 2. The average Bonchev–Trinajstić information content (AvgIpc) is 3.29. The van der Waals surface area contributed by atoms with Crippen molar-refractivity contribution in [1.82, 2.24) is 14.7 Å². The van der Waals surface area contributed by atoms with E-state index in [1.54, 1.807) is 41.0 Å². The van der Waals surface area contributed by atoms with Gasteiger partial charge >= 0.3 is 0 Å². The summed E-state index contributed by atoms with van der Waals surface area (Å²) in [6.45, 7) is 1.88. The lowest BCUT2D eigenvalue weighted by Crippen LogP contribution is -2.41. The highest BCUT2D eigenvalue weighted by atomic mass is 16.5. The summed E-state index contributed by atoms with van der Waals surface area (Å²) in [6.07, 6.45) is 1.61. The van der Waals surface area contributed by atoms with Gasteiger partial charge in [0.05, 0.1) is 13.2 Å². The monoisotopic (exact) mass is 475 g/mol. The maximum Gasteiger partial charge on any atom is 0.223 e. The van der Waals surface area contributed by atoms with Crippen LogP contribution in [-0.4, -0.2) is 57.1 Å². The molecular weight excluding hydrogens is 450 g/mol. The van der Waals surface area contributed by atoms with Crippen LogP contribution >= 0.6 is 0 Å². The molecule has 5 rings (SSSR count). The second kappa shape index (κ2) is 9.27. The summed E-state index contributed by atoms with van der Waals surface area (Å²) in [4.78, 5) is 28.1. The van der Waals surface area contributed by atoms with E-state index in [2.05, 4.69) is 5.10 Å². The summed E-state index contributed by atoms with van der Waals surface area (Å²) in [5.74, 6) is -1.18. The Labute approximate surface area is 200 Å². The first-order valence-electron chi connectivity index (χ1n) is 11.4. The number of carbonyl (C=O) groups is 1. The minimum Gasteiger partial charge on any atom is -0.507 e. The molecule has 3 heterocycles. The van der Waals surface area contributed by atoms with Crippen molar-refractivity contribution in [3.05, 3.63) is 76.2 Å². The molecule has 0 unspecified atom stereocenters. The molecule has 35 heavy (non-hydrogen) atoms. The molecule has 180 valence electrons. The van der Waals surface area contributed by atoms with Crippen molar-refractivity contribution in [1.29, 1.82) is 0 Å². The Bertz CT molecular complexity index is 1440. The molecule has 0 aliphatic carbocycles. The van der Waals surface area contributed by atoms with Crippen LogP contribution in [0.5, 0.6) is 11.5 Å². The number of amides is 1. The Morgan fingerprint density at radius 2 is 1.83 bits per heavy atom. The number of rotatable bonds is 5. The normalized spacial score (nSPS) is 14.8. The number of fused-ring (bicyclic) bond motifs is 1. The number of phenols is 2. The fraction of sp³-hybridized carbons (Fsp3) is 0.269. The number of nitrogens with zero attached hydrogens (tertiary/aromatic N) is 3. The lowest BCUT2D eigenvalue weighted by Gasteiger charge is -2.29. The molecule has 2 N–H and O–H groups in total. The van der Waals surface area contributed by atoms with Crippen molar-refractivity contribution < 1.29 is 24.2 Å². The summed E-state index contributed by atoms with van der Waals surface area (Å²) in [5.41, 5.74) is 1.16. The minimum absolute atomic E-state index is 0.00619. The van der Waals surface area contributed by atoms with Crippen LogP contribution in [0.2, 0.25) is 0 Å². The fourth-order valence-electron chi connectivity index (χ4n) is 4.60. The predicted octanol–water partition coefficient (Wildman–Crippen LogP) is 2.99. The van der Waals surface area contributed by atoms with Crippen LogP contribution in [0.15, 0.2) is 63.9 Å². The van der Waals surface area contributed by atoms with Gasteiger partial charge in [-0.2, -0.15) is 5.10 Å². The number of benzene rings is 2. The van der Waals surface area contributed by atoms with E-state index in [1.807, 2.05) is 18.2 Å². The van der Waals surface area contributed by atoms with E-state index in [1.165, 1.54) is 6.07 Å². The van der Waals surface area contributed by atoms with Crippen LogP contribution in [0.4, 0.5) is 0 Å². The lowest BCUT2D eigenvalue weighted by molar-refractivity contribution is -0.135. The molecule has 1 aliphatic rings. The molecule has 4 aromatic rings. The topological polar surface area (TPSA) is 118 Å². The van der Waals surface area contributed by atoms with Crippen LogP contribution in [0, 0.1) is 0 Å². The Balaban J connectivity index is 1.72. The lowest BCUT2D eigenvalue weighted by atomic mass is 9.89. The van der Waals surface area contributed by atoms with E-state index in [0.29, 0.717) is 37.6 Å². The summed E-state index contributed by atoms with van der Waals surface area (Å²) >= 11 is 0. The van der Waals surface area contributed by atoms with E-state index in [-0.39, 0.29) is 40.4 Å². The molecule has 9 heteroatoms. The third-order valence-electron chi connectivity index (χ3n) is 6.36. The van der Waals surface area contributed by atoms with Crippen molar-refractivity contribution in [3.8, 4) is 22.8 Å². The highest BCUT2D eigenvalue weighted by Crippen LogP contribution is 2.42. The first-order chi connectivity index (χ1) is 16.9. The summed E-state index contributed by atoms with van der Waals surface area (Å²) in [5, 5.41) is 25.8. The van der Waals surface area contributed by atoms with Crippen molar-refractivity contribution in [2.24, 2.45) is 7.05 Å². The van der Waals surface area contributed by atoms with Crippen molar-refractivity contribution in [3.63, 3.8) is 0 Å². The Morgan fingerprint density at radius 1 is 1.09 bits per heavy atom. The zero-order valence-corrected chi connectivity index (χ0v) is 19.2. The van der Waals surface area contributed by atoms with Gasteiger partial charge in [0.1, 0.15) is 28.2 Å². The maximum absolute atomic E-state index is 13.3. The Kier molecular flexibility index (Phi) is 6.00. The van der Waals surface area contributed by atoms with Gasteiger partial charge in [0.2, 0.25) is 5.91 Å². The van der Waals surface area contributed by atoms with Gasteiger partial charge in [-0.05, 0) is 6.07 Å². The third kappa shape index (κ3) is 4.26. The molecule has 2 aromatic heterocycles. The van der Waals surface area contributed by atoms with E-state index < -0.39 is 17.1 Å². The number of hydrogen-bond acceptors (Lipinski definition) is 7. The van der Waals surface area contributed by atoms with Gasteiger partial charge in [0.25, 0.3) is 0 Å². The van der Waals surface area contributed by atoms with Gasteiger partial charge in [-0.15, -0.1) is 0 Å². The van der Waals surface area contributed by atoms with E-state index in [0.717, 1.165) is 6.07 Å². The minimum atomic E-state index is -0.685. The van der Waals surface area contributed by atoms with Gasteiger partial charge in [-0.25, -0.2) is 0 Å². The average molecular weight is 476 g/mol. The molecule has 0 spiro atoms. The number of morpholine rings is 1. The van der Waals surface area contributed by atoms with E-state index in [9.17, 15) is 19.8 Å². The van der Waals surface area contributed by atoms with Crippen LogP contribution in [0.1, 0.15) is 23.6 Å². The molecule has 2 aromatic carbocycles. The third-order valence-corrected chi connectivity index (χ3v) is 6.36. The number of aryl methyl sites for hydroxylation is 1. The quantitative estimate of drug-likeness (QED) is 0.456. The Morgan fingerprint density at radius 3 is 2.51 bits per heavy atom. The van der Waals surface area contributed by atoms with Crippen molar-refractivity contribution in [2.75, 3.05) is 26.3 Å². The molecule has 1 saturated heterocycles. The van der Waals surface area contributed by atoms with Crippen molar-refractivity contribution >= 4 is 16.9 Å². The smallest absolute Gasteiger partial charge is 0.223 e. The number of ether oxygens (including phenoxy) is 1. The van der Waals surface area contributed by atoms with Crippen LogP contribution in [0.3, 0.4) is 0 Å². The first-order valence-corrected chi connectivity index (χ1v) is 11.4. The second-order valence-corrected chi connectivity index (χ2v) is 8.50. The highest BCUT2D eigenvalue weighted by molar-refractivity contribution is 5.91. The molecule has 0 radical (unpaired) electrons. The fourth-order valence-corrected chi connectivity index (χ4v) is 4.60. The molecule has 0 saturated carbocycles. The first kappa shape index (κ1) is 22.7. The largest absolute Gasteiger partial charge is 0.507 e. The van der Waals surface area contributed by atoms with Crippen molar-refractivity contribution in [2.45, 2.75) is 12.3 Å². The number of carbonyl (C=O) groups excluding carboxylic acids is 1. The molecular formula is C26H25N3O6. The van der Waals surface area contributed by atoms with Gasteiger partial charge in [0.15, 0.2) is 5.43 Å². The number of aromatic nitrogens is 2. The SMILES string of the molecule is Cn1nccc1[C@H](CC(=O)N1CCOCC1)c1c(O)cc(O)c2c(=O)cc(-c3ccccc3)oc12. The van der Waals surface area contributed by atoms with Gasteiger partial charge in [0, 0.05) is 67.6 Å². The van der Waals surface area contributed by atoms with Crippen LogP contribution in [-0.2, 0) is 16.6 Å². The zero-order valence-electron chi connectivity index (χ0n) is 19.2. The summed E-state index contributed by atoms with van der Waals surface area (Å²) in [7, 11) is 1.74. The molecule has 1 aliphatic heterocycles. The molecule has 9 nitrogen and oxygen atoms in total. The van der Waals surface area contributed by atoms with Gasteiger partial charge in [-0.3, -0.25) is 14.3 Å². The summed E-state index contributed by atoms with van der Waals surface area (Å²) in [6, 6.07) is 13.3. The van der Waals surface area contributed by atoms with Gasteiger partial charge < -0.3 is 24.3 Å². The predicted molar refractivity (Wildman–Crippen MR) is 128 cm³/mol. The molecule has 1 amide bonds. The Hall–Kier alpha value is -4.11. The van der Waals surface area contributed by atoms with Gasteiger partial charge in [-0.1, -0.05) is 30.3 Å². The zero-order chi connectivity index (χ0) is 24.5. The number of aromatic hydroxyl groups is 2. The highest BCUT2D eigenvalue weighted by Gasteiger charge is 2.31. The van der Waals surface area contributed by atoms with Crippen LogP contribution < -0.4 is 5.43 Å². The number of hydrogen-bond donors (Lipinski definition) is 2.